The van der Waals surface area contributed by atoms with Crippen LogP contribution in [0.15, 0.2) is 47.5 Å². The van der Waals surface area contributed by atoms with Crippen LogP contribution in [0.25, 0.3) is 10.8 Å². The number of fused-ring (bicyclic) bond motifs is 1. The summed E-state index contributed by atoms with van der Waals surface area (Å²) in [5.74, 6) is 1.84. The SMILES string of the molecule is CCNC(=NCCCOc1ccc2ccccc2c1)NCCCCN1CCN(CC)CC1. The van der Waals surface area contributed by atoms with Gasteiger partial charge in [0.25, 0.3) is 0 Å². The fourth-order valence-corrected chi connectivity index (χ4v) is 4.04. The van der Waals surface area contributed by atoms with Gasteiger partial charge in [-0.15, -0.1) is 0 Å². The Balaban J connectivity index is 1.28. The summed E-state index contributed by atoms with van der Waals surface area (Å²) in [7, 11) is 0. The molecule has 1 aliphatic rings. The molecule has 6 heteroatoms. The van der Waals surface area contributed by atoms with Gasteiger partial charge in [0.2, 0.25) is 0 Å². The van der Waals surface area contributed by atoms with Crippen molar-refractivity contribution in [2.24, 2.45) is 4.99 Å². The number of rotatable bonds is 12. The first-order valence-corrected chi connectivity index (χ1v) is 12.4. The van der Waals surface area contributed by atoms with Crippen LogP contribution in [0.1, 0.15) is 33.1 Å². The molecule has 2 aromatic carbocycles. The monoisotopic (exact) mass is 439 g/mol. The molecule has 0 unspecified atom stereocenters. The van der Waals surface area contributed by atoms with Crippen molar-refractivity contribution in [3.05, 3.63) is 42.5 Å². The van der Waals surface area contributed by atoms with Gasteiger partial charge >= 0.3 is 0 Å². The van der Waals surface area contributed by atoms with Crippen molar-refractivity contribution in [3.63, 3.8) is 0 Å². The lowest BCUT2D eigenvalue weighted by Crippen LogP contribution is -2.46. The highest BCUT2D eigenvalue weighted by atomic mass is 16.5. The zero-order valence-electron chi connectivity index (χ0n) is 20.0. The molecule has 2 aromatic rings. The van der Waals surface area contributed by atoms with Gasteiger partial charge in [-0.2, -0.15) is 0 Å². The van der Waals surface area contributed by atoms with Crippen molar-refractivity contribution in [1.82, 2.24) is 20.4 Å². The van der Waals surface area contributed by atoms with Crippen LogP contribution in [0.3, 0.4) is 0 Å². The molecule has 0 amide bonds. The molecule has 0 spiro atoms. The van der Waals surface area contributed by atoms with Gasteiger partial charge in [0.15, 0.2) is 5.96 Å². The van der Waals surface area contributed by atoms with Crippen LogP contribution in [0.5, 0.6) is 5.75 Å². The molecule has 0 aliphatic carbocycles. The Labute approximate surface area is 194 Å². The molecule has 2 N–H and O–H groups in total. The molecule has 1 heterocycles. The lowest BCUT2D eigenvalue weighted by molar-refractivity contribution is 0.136. The van der Waals surface area contributed by atoms with Gasteiger partial charge < -0.3 is 25.2 Å². The predicted octanol–water partition coefficient (Wildman–Crippen LogP) is 3.58. The van der Waals surface area contributed by atoms with Crippen molar-refractivity contribution in [3.8, 4) is 5.75 Å². The maximum Gasteiger partial charge on any atom is 0.191 e. The van der Waals surface area contributed by atoms with Crippen LogP contribution < -0.4 is 15.4 Å². The van der Waals surface area contributed by atoms with E-state index in [1.54, 1.807) is 0 Å². The molecule has 1 fully saturated rings. The van der Waals surface area contributed by atoms with Crippen molar-refractivity contribution < 1.29 is 4.74 Å². The second kappa shape index (κ2) is 14.0. The first-order valence-electron chi connectivity index (χ1n) is 12.4. The molecule has 176 valence electrons. The minimum atomic E-state index is 0.673. The molecule has 0 saturated carbocycles. The van der Waals surface area contributed by atoms with E-state index in [0.717, 1.165) is 37.8 Å². The number of unbranched alkanes of at least 4 members (excludes halogenated alkanes) is 1. The molecular weight excluding hydrogens is 398 g/mol. The van der Waals surface area contributed by atoms with E-state index in [4.69, 9.17) is 9.73 Å². The standard InChI is InChI=1S/C26H41N5O/c1-3-27-26(28-14-7-8-16-31-19-17-30(4-2)18-20-31)29-15-9-21-32-25-13-12-23-10-5-6-11-24(23)22-25/h5-6,10-13,22H,3-4,7-9,14-21H2,1-2H3,(H2,27,28,29). The van der Waals surface area contributed by atoms with Gasteiger partial charge in [0, 0.05) is 52.2 Å². The van der Waals surface area contributed by atoms with Gasteiger partial charge in [-0.05, 0) is 55.8 Å². The summed E-state index contributed by atoms with van der Waals surface area (Å²) < 4.78 is 5.92. The van der Waals surface area contributed by atoms with Crippen molar-refractivity contribution >= 4 is 16.7 Å². The average Bonchev–Trinajstić information content (AvgIpc) is 2.83. The van der Waals surface area contributed by atoms with Crippen LogP contribution in [0.4, 0.5) is 0 Å². The number of nitrogens with zero attached hydrogens (tertiary/aromatic N) is 3. The second-order valence-electron chi connectivity index (χ2n) is 8.38. The Kier molecular flexibility index (Phi) is 10.6. The number of piperazine rings is 1. The number of ether oxygens (including phenoxy) is 1. The van der Waals surface area contributed by atoms with Crippen LogP contribution >= 0.6 is 0 Å². The lowest BCUT2D eigenvalue weighted by Gasteiger charge is -2.34. The molecule has 1 saturated heterocycles. The van der Waals surface area contributed by atoms with Gasteiger partial charge in [0.05, 0.1) is 6.61 Å². The number of guanidine groups is 1. The maximum atomic E-state index is 5.92. The third kappa shape index (κ3) is 8.32. The van der Waals surface area contributed by atoms with Crippen molar-refractivity contribution in [1.29, 1.82) is 0 Å². The Morgan fingerprint density at radius 2 is 1.69 bits per heavy atom. The van der Waals surface area contributed by atoms with Crippen LogP contribution in [-0.4, -0.2) is 81.3 Å². The van der Waals surface area contributed by atoms with E-state index in [0.29, 0.717) is 6.61 Å². The predicted molar refractivity (Wildman–Crippen MR) is 136 cm³/mol. The van der Waals surface area contributed by atoms with Gasteiger partial charge in [-0.1, -0.05) is 37.3 Å². The highest BCUT2D eigenvalue weighted by Crippen LogP contribution is 2.20. The van der Waals surface area contributed by atoms with E-state index in [2.05, 4.69) is 70.7 Å². The third-order valence-corrected chi connectivity index (χ3v) is 6.01. The normalized spacial score (nSPS) is 15.8. The van der Waals surface area contributed by atoms with Crippen LogP contribution in [-0.2, 0) is 0 Å². The quantitative estimate of drug-likeness (QED) is 0.301. The molecule has 0 aromatic heterocycles. The number of benzene rings is 2. The smallest absolute Gasteiger partial charge is 0.191 e. The number of hydrogen-bond donors (Lipinski definition) is 2. The van der Waals surface area contributed by atoms with Crippen LogP contribution in [0.2, 0.25) is 0 Å². The molecule has 32 heavy (non-hydrogen) atoms. The first-order chi connectivity index (χ1) is 15.8. The minimum absolute atomic E-state index is 0.673. The first kappa shape index (κ1) is 24.3. The van der Waals surface area contributed by atoms with Gasteiger partial charge in [0.1, 0.15) is 5.75 Å². The van der Waals surface area contributed by atoms with Crippen molar-refractivity contribution in [2.45, 2.75) is 33.1 Å². The largest absolute Gasteiger partial charge is 0.494 e. The van der Waals surface area contributed by atoms with Crippen LogP contribution in [0, 0.1) is 0 Å². The number of aliphatic imine (C=N–C) groups is 1. The molecule has 6 nitrogen and oxygen atoms in total. The highest BCUT2D eigenvalue weighted by molar-refractivity contribution is 5.83. The average molecular weight is 440 g/mol. The third-order valence-electron chi connectivity index (χ3n) is 6.01. The zero-order chi connectivity index (χ0) is 22.4. The van der Waals surface area contributed by atoms with E-state index in [1.165, 1.54) is 62.9 Å². The summed E-state index contributed by atoms with van der Waals surface area (Å²) in [4.78, 5) is 9.83. The number of hydrogen-bond acceptors (Lipinski definition) is 4. The molecule has 0 bridgehead atoms. The number of likely N-dealkylation sites (N-methyl/N-ethyl adjacent to an activating group) is 1. The Bertz CT molecular complexity index is 817. The molecule has 1 aliphatic heterocycles. The summed E-state index contributed by atoms with van der Waals surface area (Å²) in [6.45, 7) is 14.9. The minimum Gasteiger partial charge on any atom is -0.494 e. The number of nitrogens with one attached hydrogen (secondary N) is 2. The zero-order valence-corrected chi connectivity index (χ0v) is 20.0. The highest BCUT2D eigenvalue weighted by Gasteiger charge is 2.14. The molecule has 0 atom stereocenters. The van der Waals surface area contributed by atoms with E-state index >= 15 is 0 Å². The summed E-state index contributed by atoms with van der Waals surface area (Å²) >= 11 is 0. The lowest BCUT2D eigenvalue weighted by atomic mass is 10.1. The molecule has 3 rings (SSSR count). The summed E-state index contributed by atoms with van der Waals surface area (Å²) in [5.41, 5.74) is 0. The summed E-state index contributed by atoms with van der Waals surface area (Å²) in [6.07, 6.45) is 3.30. The fourth-order valence-electron chi connectivity index (χ4n) is 4.04. The van der Waals surface area contributed by atoms with Crippen molar-refractivity contribution in [2.75, 3.05) is 65.5 Å². The summed E-state index contributed by atoms with van der Waals surface area (Å²) in [6, 6.07) is 14.6. The maximum absolute atomic E-state index is 5.92. The Hall–Kier alpha value is -2.31. The Morgan fingerprint density at radius 1 is 0.906 bits per heavy atom. The molecule has 0 radical (unpaired) electrons. The molecular formula is C26H41N5O. The van der Waals surface area contributed by atoms with E-state index < -0.39 is 0 Å². The van der Waals surface area contributed by atoms with E-state index in [9.17, 15) is 0 Å². The summed E-state index contributed by atoms with van der Waals surface area (Å²) in [5, 5.41) is 9.27. The van der Waals surface area contributed by atoms with E-state index in [1.807, 2.05) is 6.07 Å². The fraction of sp³-hybridized carbons (Fsp3) is 0.577. The Morgan fingerprint density at radius 3 is 2.47 bits per heavy atom. The van der Waals surface area contributed by atoms with Gasteiger partial charge in [-0.3, -0.25) is 4.99 Å². The van der Waals surface area contributed by atoms with E-state index in [-0.39, 0.29) is 0 Å². The van der Waals surface area contributed by atoms with Gasteiger partial charge in [-0.25, -0.2) is 0 Å². The topological polar surface area (TPSA) is 52.1 Å². The second-order valence-corrected chi connectivity index (χ2v) is 8.38.